The molecule has 0 saturated heterocycles. The molecule has 0 bridgehead atoms. The van der Waals surface area contributed by atoms with Gasteiger partial charge in [0.1, 0.15) is 16.4 Å². The standard InChI is InChI=1S/C19H13FN2O3S/c20-16-5-2-1-4-15(16)18(23)22-21-12-13-7-9-14(10-8-13)25-19(24)17-6-3-11-26-17/h1-12H,(H,22,23)/b21-12-. The molecule has 5 nitrogen and oxygen atoms in total. The molecule has 2 aromatic carbocycles. The van der Waals surface area contributed by atoms with E-state index in [4.69, 9.17) is 4.74 Å². The van der Waals surface area contributed by atoms with Crippen molar-refractivity contribution in [1.82, 2.24) is 5.43 Å². The summed E-state index contributed by atoms with van der Waals surface area (Å²) in [6, 6.07) is 15.7. The smallest absolute Gasteiger partial charge is 0.353 e. The van der Waals surface area contributed by atoms with Crippen LogP contribution in [0.2, 0.25) is 0 Å². The molecule has 1 heterocycles. The van der Waals surface area contributed by atoms with Gasteiger partial charge in [-0.1, -0.05) is 18.2 Å². The van der Waals surface area contributed by atoms with Gasteiger partial charge in [-0.15, -0.1) is 11.3 Å². The van der Waals surface area contributed by atoms with Gasteiger partial charge in [0.25, 0.3) is 5.91 Å². The predicted octanol–water partition coefficient (Wildman–Crippen LogP) is 3.87. The highest BCUT2D eigenvalue weighted by Gasteiger charge is 2.10. The molecular weight excluding hydrogens is 355 g/mol. The minimum atomic E-state index is -0.638. The van der Waals surface area contributed by atoms with E-state index in [1.807, 2.05) is 0 Å². The van der Waals surface area contributed by atoms with Gasteiger partial charge in [0, 0.05) is 0 Å². The molecule has 0 atom stereocenters. The Bertz CT molecular complexity index is 938. The Morgan fingerprint density at radius 2 is 1.81 bits per heavy atom. The molecule has 1 N–H and O–H groups in total. The summed E-state index contributed by atoms with van der Waals surface area (Å²) in [6.45, 7) is 0. The van der Waals surface area contributed by atoms with Crippen molar-refractivity contribution in [3.8, 4) is 5.75 Å². The molecule has 0 radical (unpaired) electrons. The number of nitrogens with zero attached hydrogens (tertiary/aromatic N) is 1. The highest BCUT2D eigenvalue weighted by molar-refractivity contribution is 7.12. The van der Waals surface area contributed by atoms with E-state index in [2.05, 4.69) is 10.5 Å². The molecule has 1 aromatic heterocycles. The van der Waals surface area contributed by atoms with Crippen molar-refractivity contribution in [2.45, 2.75) is 0 Å². The zero-order valence-electron chi connectivity index (χ0n) is 13.4. The number of carbonyl (C=O) groups excluding carboxylic acids is 2. The quantitative estimate of drug-likeness (QED) is 0.322. The van der Waals surface area contributed by atoms with Gasteiger partial charge < -0.3 is 4.74 Å². The third-order valence-electron chi connectivity index (χ3n) is 3.31. The molecular formula is C19H13FN2O3S. The van der Waals surface area contributed by atoms with E-state index >= 15 is 0 Å². The molecule has 26 heavy (non-hydrogen) atoms. The normalized spacial score (nSPS) is 10.7. The van der Waals surface area contributed by atoms with Crippen LogP contribution in [0.4, 0.5) is 4.39 Å². The van der Waals surface area contributed by atoms with Crippen molar-refractivity contribution in [3.05, 3.63) is 87.9 Å². The summed E-state index contributed by atoms with van der Waals surface area (Å²) < 4.78 is 18.7. The van der Waals surface area contributed by atoms with Crippen LogP contribution in [0.15, 0.2) is 71.1 Å². The summed E-state index contributed by atoms with van der Waals surface area (Å²) in [4.78, 5) is 24.2. The minimum Gasteiger partial charge on any atom is -0.422 e. The number of nitrogens with one attached hydrogen (secondary N) is 1. The maximum Gasteiger partial charge on any atom is 0.353 e. The summed E-state index contributed by atoms with van der Waals surface area (Å²) in [7, 11) is 0. The average Bonchev–Trinajstić information content (AvgIpc) is 3.18. The van der Waals surface area contributed by atoms with Crippen LogP contribution in [0, 0.1) is 5.82 Å². The van der Waals surface area contributed by atoms with E-state index in [0.29, 0.717) is 16.2 Å². The second-order valence-corrected chi connectivity index (χ2v) is 6.06. The highest BCUT2D eigenvalue weighted by atomic mass is 32.1. The van der Waals surface area contributed by atoms with E-state index in [1.165, 1.54) is 35.8 Å². The van der Waals surface area contributed by atoms with Gasteiger partial charge in [-0.05, 0) is 53.4 Å². The molecule has 3 rings (SSSR count). The summed E-state index contributed by atoms with van der Waals surface area (Å²) in [5, 5.41) is 5.59. The van der Waals surface area contributed by atoms with Crippen LogP contribution in [0.25, 0.3) is 0 Å². The molecule has 7 heteroatoms. The fourth-order valence-electron chi connectivity index (χ4n) is 2.04. The van der Waals surface area contributed by atoms with Crippen molar-refractivity contribution < 1.29 is 18.7 Å². The molecule has 0 aliphatic rings. The Kier molecular flexibility index (Phi) is 5.50. The van der Waals surface area contributed by atoms with Gasteiger partial charge in [-0.2, -0.15) is 5.10 Å². The van der Waals surface area contributed by atoms with Crippen LogP contribution in [0.5, 0.6) is 5.75 Å². The number of hydrogen-bond acceptors (Lipinski definition) is 5. The van der Waals surface area contributed by atoms with Crippen LogP contribution in [-0.2, 0) is 0 Å². The van der Waals surface area contributed by atoms with Gasteiger partial charge in [0.2, 0.25) is 0 Å². The molecule has 0 aliphatic heterocycles. The third kappa shape index (κ3) is 4.40. The SMILES string of the molecule is O=C(Oc1ccc(/C=N\NC(=O)c2ccccc2F)cc1)c1cccs1. The maximum atomic E-state index is 13.5. The summed E-state index contributed by atoms with van der Waals surface area (Å²) in [6.07, 6.45) is 1.41. The van der Waals surface area contributed by atoms with Gasteiger partial charge in [0.15, 0.2) is 0 Å². The lowest BCUT2D eigenvalue weighted by molar-refractivity contribution is 0.0739. The first-order valence-corrected chi connectivity index (χ1v) is 8.45. The first-order valence-electron chi connectivity index (χ1n) is 7.57. The Balaban J connectivity index is 1.57. The lowest BCUT2D eigenvalue weighted by Gasteiger charge is -2.03. The first kappa shape index (κ1) is 17.5. The molecule has 1 amide bonds. The molecule has 0 unspecified atom stereocenters. The molecule has 0 fully saturated rings. The van der Waals surface area contributed by atoms with Crippen molar-refractivity contribution >= 4 is 29.4 Å². The van der Waals surface area contributed by atoms with E-state index in [0.717, 1.165) is 0 Å². The number of esters is 1. The molecule has 0 saturated carbocycles. The first-order chi connectivity index (χ1) is 12.6. The average molecular weight is 368 g/mol. The lowest BCUT2D eigenvalue weighted by Crippen LogP contribution is -2.18. The molecule has 3 aromatic rings. The predicted molar refractivity (Wildman–Crippen MR) is 97.2 cm³/mol. The molecule has 0 aliphatic carbocycles. The zero-order valence-corrected chi connectivity index (χ0v) is 14.2. The van der Waals surface area contributed by atoms with Crippen LogP contribution in [0.1, 0.15) is 25.6 Å². The fraction of sp³-hybridized carbons (Fsp3) is 0. The van der Waals surface area contributed by atoms with Crippen LogP contribution < -0.4 is 10.2 Å². The Hall–Kier alpha value is -3.32. The zero-order chi connectivity index (χ0) is 18.4. The number of rotatable bonds is 5. The van der Waals surface area contributed by atoms with Crippen molar-refractivity contribution in [2.75, 3.05) is 0 Å². The number of hydrazone groups is 1. The number of hydrogen-bond donors (Lipinski definition) is 1. The lowest BCUT2D eigenvalue weighted by atomic mass is 10.2. The maximum absolute atomic E-state index is 13.5. The number of thiophene rings is 1. The number of carbonyl (C=O) groups is 2. The van der Waals surface area contributed by atoms with Crippen molar-refractivity contribution in [1.29, 1.82) is 0 Å². The Labute approximate surface area is 152 Å². The molecule has 130 valence electrons. The largest absolute Gasteiger partial charge is 0.422 e. The van der Waals surface area contributed by atoms with Crippen molar-refractivity contribution in [2.24, 2.45) is 5.10 Å². The van der Waals surface area contributed by atoms with E-state index < -0.39 is 17.7 Å². The number of halogens is 1. The monoisotopic (exact) mass is 368 g/mol. The van der Waals surface area contributed by atoms with Gasteiger partial charge in [-0.25, -0.2) is 14.6 Å². The summed E-state index contributed by atoms with van der Waals surface area (Å²) in [5.74, 6) is -1.27. The van der Waals surface area contributed by atoms with Gasteiger partial charge in [-0.3, -0.25) is 4.79 Å². The van der Waals surface area contributed by atoms with E-state index in [1.54, 1.807) is 47.8 Å². The highest BCUT2D eigenvalue weighted by Crippen LogP contribution is 2.16. The number of ether oxygens (including phenoxy) is 1. The third-order valence-corrected chi connectivity index (χ3v) is 4.16. The number of benzene rings is 2. The van der Waals surface area contributed by atoms with E-state index in [9.17, 15) is 14.0 Å². The van der Waals surface area contributed by atoms with Crippen molar-refractivity contribution in [3.63, 3.8) is 0 Å². The second kappa shape index (κ2) is 8.17. The van der Waals surface area contributed by atoms with Crippen LogP contribution in [0.3, 0.4) is 0 Å². The van der Waals surface area contributed by atoms with Gasteiger partial charge >= 0.3 is 5.97 Å². The van der Waals surface area contributed by atoms with Gasteiger partial charge in [0.05, 0.1) is 11.8 Å². The van der Waals surface area contributed by atoms with Crippen LogP contribution >= 0.6 is 11.3 Å². The fourth-order valence-corrected chi connectivity index (χ4v) is 2.64. The second-order valence-electron chi connectivity index (χ2n) is 5.11. The summed E-state index contributed by atoms with van der Waals surface area (Å²) >= 11 is 1.30. The minimum absolute atomic E-state index is 0.0829. The molecule has 0 spiro atoms. The number of amides is 1. The summed E-state index contributed by atoms with van der Waals surface area (Å²) in [5.41, 5.74) is 2.85. The Morgan fingerprint density at radius 1 is 1.04 bits per heavy atom. The Morgan fingerprint density at radius 3 is 2.50 bits per heavy atom. The van der Waals surface area contributed by atoms with E-state index in [-0.39, 0.29) is 5.56 Å². The topological polar surface area (TPSA) is 67.8 Å². The van der Waals surface area contributed by atoms with Crippen LogP contribution in [-0.4, -0.2) is 18.1 Å².